The molecule has 0 atom stereocenters. The summed E-state index contributed by atoms with van der Waals surface area (Å²) in [7, 11) is 3.36. The number of methoxy groups -OCH3 is 2. The fourth-order valence-electron chi connectivity index (χ4n) is 3.39. The lowest BCUT2D eigenvalue weighted by molar-refractivity contribution is 0.414. The van der Waals surface area contributed by atoms with Crippen LogP contribution in [0.3, 0.4) is 0 Å². The first-order valence-electron chi connectivity index (χ1n) is 10.2. The van der Waals surface area contributed by atoms with Gasteiger partial charge in [0.2, 0.25) is 0 Å². The van der Waals surface area contributed by atoms with E-state index in [1.54, 1.807) is 14.2 Å². The van der Waals surface area contributed by atoms with E-state index < -0.39 is 0 Å². The van der Waals surface area contributed by atoms with Crippen LogP contribution in [0.1, 0.15) is 16.7 Å². The first-order chi connectivity index (χ1) is 15.2. The molecule has 0 saturated carbocycles. The fourth-order valence-corrected chi connectivity index (χ4v) is 3.39. The highest BCUT2D eigenvalue weighted by Gasteiger charge is 2.06. The fraction of sp³-hybridized carbons (Fsp3) is 0.0714. The van der Waals surface area contributed by atoms with Gasteiger partial charge < -0.3 is 14.8 Å². The van der Waals surface area contributed by atoms with Gasteiger partial charge in [-0.15, -0.1) is 0 Å². The van der Waals surface area contributed by atoms with E-state index in [0.29, 0.717) is 0 Å². The molecule has 1 N–H and O–H groups in total. The van der Waals surface area contributed by atoms with Gasteiger partial charge in [0.1, 0.15) is 11.5 Å². The van der Waals surface area contributed by atoms with Gasteiger partial charge in [0.05, 0.1) is 14.2 Å². The van der Waals surface area contributed by atoms with Crippen molar-refractivity contribution in [2.75, 3.05) is 19.5 Å². The van der Waals surface area contributed by atoms with Crippen LogP contribution in [0.15, 0.2) is 103 Å². The Morgan fingerprint density at radius 2 is 1.06 bits per heavy atom. The van der Waals surface area contributed by atoms with Crippen molar-refractivity contribution < 1.29 is 9.47 Å². The van der Waals surface area contributed by atoms with Crippen LogP contribution in [0.2, 0.25) is 0 Å². The third kappa shape index (κ3) is 5.14. The molecule has 31 heavy (non-hydrogen) atoms. The lowest BCUT2D eigenvalue weighted by atomic mass is 9.95. The van der Waals surface area contributed by atoms with Gasteiger partial charge in [-0.3, -0.25) is 0 Å². The number of hydrogen-bond acceptors (Lipinski definition) is 3. The highest BCUT2D eigenvalue weighted by Crippen LogP contribution is 2.28. The monoisotopic (exact) mass is 407 g/mol. The third-order valence-electron chi connectivity index (χ3n) is 5.09. The molecule has 154 valence electrons. The molecule has 0 unspecified atom stereocenters. The second kappa shape index (κ2) is 9.68. The van der Waals surface area contributed by atoms with Crippen LogP contribution < -0.4 is 14.8 Å². The van der Waals surface area contributed by atoms with Crippen molar-refractivity contribution in [1.82, 2.24) is 0 Å². The molecule has 0 aliphatic rings. The van der Waals surface area contributed by atoms with E-state index in [2.05, 4.69) is 72.1 Å². The van der Waals surface area contributed by atoms with E-state index in [1.165, 1.54) is 11.1 Å². The van der Waals surface area contributed by atoms with Crippen LogP contribution in [-0.4, -0.2) is 14.2 Å². The summed E-state index contributed by atoms with van der Waals surface area (Å²) in [5, 5.41) is 3.42. The van der Waals surface area contributed by atoms with E-state index in [1.807, 2.05) is 42.5 Å². The number of ether oxygens (including phenoxy) is 2. The SMILES string of the molecule is COc1ccc(Nc2ccc(C=C(c3ccccc3)c3ccc(OC)cc3)cc2)cc1. The first kappa shape index (κ1) is 20.3. The van der Waals surface area contributed by atoms with Crippen molar-refractivity contribution in [1.29, 1.82) is 0 Å². The summed E-state index contributed by atoms with van der Waals surface area (Å²) in [6, 6.07) is 34.9. The van der Waals surface area contributed by atoms with E-state index >= 15 is 0 Å². The average molecular weight is 408 g/mol. The molecule has 3 nitrogen and oxygen atoms in total. The number of rotatable bonds is 7. The maximum Gasteiger partial charge on any atom is 0.119 e. The van der Waals surface area contributed by atoms with Crippen molar-refractivity contribution in [2.24, 2.45) is 0 Å². The largest absolute Gasteiger partial charge is 0.497 e. The third-order valence-corrected chi connectivity index (χ3v) is 5.09. The maximum atomic E-state index is 5.31. The van der Waals surface area contributed by atoms with E-state index in [-0.39, 0.29) is 0 Å². The zero-order valence-corrected chi connectivity index (χ0v) is 17.7. The smallest absolute Gasteiger partial charge is 0.119 e. The van der Waals surface area contributed by atoms with Crippen molar-refractivity contribution in [3.63, 3.8) is 0 Å². The molecular weight excluding hydrogens is 382 g/mol. The van der Waals surface area contributed by atoms with Crippen LogP contribution in [0.4, 0.5) is 11.4 Å². The quantitative estimate of drug-likeness (QED) is 0.333. The van der Waals surface area contributed by atoms with E-state index in [9.17, 15) is 0 Å². The molecular formula is C28H25NO2. The summed E-state index contributed by atoms with van der Waals surface area (Å²) in [5.41, 5.74) is 6.68. The summed E-state index contributed by atoms with van der Waals surface area (Å²) < 4.78 is 10.5. The summed E-state index contributed by atoms with van der Waals surface area (Å²) in [4.78, 5) is 0. The standard InChI is InChI=1S/C28H25NO2/c1-30-26-16-10-23(11-17-26)28(22-6-4-3-5-7-22)20-21-8-12-24(13-9-21)29-25-14-18-27(31-2)19-15-25/h3-20,29H,1-2H3. The highest BCUT2D eigenvalue weighted by molar-refractivity contribution is 5.91. The summed E-state index contributed by atoms with van der Waals surface area (Å²) in [6.45, 7) is 0. The molecule has 0 aromatic heterocycles. The molecule has 0 heterocycles. The molecule has 4 aromatic rings. The summed E-state index contributed by atoms with van der Waals surface area (Å²) in [5.74, 6) is 1.70. The van der Waals surface area contributed by atoms with Crippen LogP contribution in [-0.2, 0) is 0 Å². The molecule has 0 amide bonds. The minimum atomic E-state index is 0.845. The van der Waals surface area contributed by atoms with Gasteiger partial charge in [-0.1, -0.05) is 54.6 Å². The number of anilines is 2. The Balaban J connectivity index is 1.60. The zero-order valence-electron chi connectivity index (χ0n) is 17.7. The minimum absolute atomic E-state index is 0.845. The van der Waals surface area contributed by atoms with Crippen molar-refractivity contribution in [3.05, 3.63) is 120 Å². The summed E-state index contributed by atoms with van der Waals surface area (Å²) >= 11 is 0. The van der Waals surface area contributed by atoms with E-state index in [0.717, 1.165) is 34.0 Å². The summed E-state index contributed by atoms with van der Waals surface area (Å²) in [6.07, 6.45) is 2.22. The minimum Gasteiger partial charge on any atom is -0.497 e. The molecule has 0 radical (unpaired) electrons. The van der Waals surface area contributed by atoms with Gasteiger partial charge >= 0.3 is 0 Å². The number of benzene rings is 4. The normalized spacial score (nSPS) is 11.1. The molecule has 4 aromatic carbocycles. The van der Waals surface area contributed by atoms with Crippen LogP contribution >= 0.6 is 0 Å². The molecule has 0 spiro atoms. The van der Waals surface area contributed by atoms with Crippen molar-refractivity contribution in [3.8, 4) is 11.5 Å². The first-order valence-corrected chi connectivity index (χ1v) is 10.2. The van der Waals surface area contributed by atoms with Crippen molar-refractivity contribution in [2.45, 2.75) is 0 Å². The van der Waals surface area contributed by atoms with E-state index in [4.69, 9.17) is 9.47 Å². The average Bonchev–Trinajstić information content (AvgIpc) is 2.85. The number of hydrogen-bond donors (Lipinski definition) is 1. The van der Waals surface area contributed by atoms with Gasteiger partial charge in [-0.25, -0.2) is 0 Å². The lowest BCUT2D eigenvalue weighted by Gasteiger charge is -2.11. The Hall–Kier alpha value is -3.98. The van der Waals surface area contributed by atoms with Crippen LogP contribution in [0.25, 0.3) is 11.6 Å². The lowest BCUT2D eigenvalue weighted by Crippen LogP contribution is -1.91. The molecule has 4 rings (SSSR count). The Morgan fingerprint density at radius 1 is 0.581 bits per heavy atom. The second-order valence-electron chi connectivity index (χ2n) is 7.13. The van der Waals surface area contributed by atoms with Gasteiger partial charge in [-0.05, 0) is 76.9 Å². The van der Waals surface area contributed by atoms with Gasteiger partial charge in [0.15, 0.2) is 0 Å². The molecule has 0 saturated heterocycles. The van der Waals surface area contributed by atoms with Gasteiger partial charge in [-0.2, -0.15) is 0 Å². The number of nitrogens with one attached hydrogen (secondary N) is 1. The molecule has 0 fully saturated rings. The predicted molar refractivity (Wildman–Crippen MR) is 129 cm³/mol. The van der Waals surface area contributed by atoms with Gasteiger partial charge in [0.25, 0.3) is 0 Å². The molecule has 3 heteroatoms. The van der Waals surface area contributed by atoms with Crippen LogP contribution in [0.5, 0.6) is 11.5 Å². The zero-order chi connectivity index (χ0) is 21.5. The Bertz CT molecular complexity index is 1130. The van der Waals surface area contributed by atoms with Crippen molar-refractivity contribution >= 4 is 23.0 Å². The predicted octanol–water partition coefficient (Wildman–Crippen LogP) is 7.04. The highest BCUT2D eigenvalue weighted by atomic mass is 16.5. The Kier molecular flexibility index (Phi) is 6.34. The second-order valence-corrected chi connectivity index (χ2v) is 7.13. The molecule has 0 aliphatic heterocycles. The molecule has 0 bridgehead atoms. The van der Waals surface area contributed by atoms with Crippen LogP contribution in [0, 0.1) is 0 Å². The maximum absolute atomic E-state index is 5.31. The Morgan fingerprint density at radius 3 is 1.61 bits per heavy atom. The topological polar surface area (TPSA) is 30.5 Å². The Labute approximate surface area is 183 Å². The molecule has 0 aliphatic carbocycles. The van der Waals surface area contributed by atoms with Gasteiger partial charge in [0, 0.05) is 11.4 Å².